The van der Waals surface area contributed by atoms with Crippen LogP contribution in [0.3, 0.4) is 0 Å². The van der Waals surface area contributed by atoms with Gasteiger partial charge in [-0.15, -0.1) is 12.2 Å². The standard InChI is InChI=1S/C12H20O.C10H10F3.C7H14S.C7H14.K/c1-3-10-7-11-5-4-6-12(11,8-10)9(2)13;1-8-4-2-3-5-9(7-6-8)10(11,12)13;1-6-3-4-8-5-7(6)2;1-4-5-6-7(2)3;/h10-11H,3-8H2,1-2H3;3,5,7H,2,4H2,1H3;6-7H,3-5H2,1-2H3;5,7H,2,4,6H2,1,3H3;/q;-1;;-2;+1/b;5-3-,9-7+;;;/t;;6-,7?;;/m..1../s1. The Kier molecular flexibility index (Phi) is 22.6. The third-order valence-electron chi connectivity index (χ3n) is 9.22. The number of halogens is 3. The number of fused-ring (bicyclic) bond motifs is 1. The third kappa shape index (κ3) is 15.8. The fourth-order valence-corrected chi connectivity index (χ4v) is 7.53. The van der Waals surface area contributed by atoms with Gasteiger partial charge in [0.05, 0.1) is 0 Å². The Morgan fingerprint density at radius 1 is 1.24 bits per heavy atom. The maximum atomic E-state index is 12.2. The summed E-state index contributed by atoms with van der Waals surface area (Å²) < 4.78 is 36.6. The van der Waals surface area contributed by atoms with Crippen molar-refractivity contribution in [2.45, 2.75) is 125 Å². The largest absolute Gasteiger partial charge is 1.00 e. The Labute approximate surface area is 304 Å². The van der Waals surface area contributed by atoms with Crippen LogP contribution in [0.2, 0.25) is 0 Å². The zero-order chi connectivity index (χ0) is 31.1. The SMILES string of the molecule is CC1=[C-]/C=C(C(F)(F)F)\C=C/CC1.CC1CSCC[C@H]1C.CCC1CC2CCCC2(C(C)=O)C1.[CH2-]C(C)C[CH-]CC.[K+]. The zero-order valence-corrected chi connectivity index (χ0v) is 32.0. The van der Waals surface area contributed by atoms with Crippen LogP contribution in [0.4, 0.5) is 13.2 Å². The summed E-state index contributed by atoms with van der Waals surface area (Å²) >= 11 is 2.11. The average molecular weight is 635 g/mol. The first-order chi connectivity index (χ1) is 19.3. The second kappa shape index (κ2) is 22.2. The molecule has 0 N–H and O–H groups in total. The monoisotopic (exact) mass is 634 g/mol. The molecule has 0 radical (unpaired) electrons. The van der Waals surface area contributed by atoms with Crippen LogP contribution in [0, 0.1) is 54.4 Å². The van der Waals surface area contributed by atoms with Gasteiger partial charge in [0.15, 0.2) is 0 Å². The van der Waals surface area contributed by atoms with Gasteiger partial charge in [0, 0.05) is 5.41 Å². The molecule has 4 rings (SSSR count). The summed E-state index contributed by atoms with van der Waals surface area (Å²) in [6.45, 7) is 18.7. The van der Waals surface area contributed by atoms with Gasteiger partial charge in [-0.25, -0.2) is 12.5 Å². The van der Waals surface area contributed by atoms with Crippen molar-refractivity contribution in [1.82, 2.24) is 0 Å². The maximum Gasteiger partial charge on any atom is 1.00 e. The topological polar surface area (TPSA) is 17.1 Å². The summed E-state index contributed by atoms with van der Waals surface area (Å²) in [7, 11) is 0. The summed E-state index contributed by atoms with van der Waals surface area (Å²) in [6.07, 6.45) is 17.1. The molecule has 1 aliphatic heterocycles. The molecule has 238 valence electrons. The van der Waals surface area contributed by atoms with Crippen LogP contribution in [-0.2, 0) is 4.79 Å². The van der Waals surface area contributed by atoms with Crippen LogP contribution >= 0.6 is 11.8 Å². The molecule has 1 nitrogen and oxygen atoms in total. The number of hydrogen-bond donors (Lipinski definition) is 0. The van der Waals surface area contributed by atoms with Gasteiger partial charge in [0.25, 0.3) is 0 Å². The predicted octanol–water partition coefficient (Wildman–Crippen LogP) is 8.62. The van der Waals surface area contributed by atoms with Gasteiger partial charge in [-0.3, -0.25) is 10.9 Å². The summed E-state index contributed by atoms with van der Waals surface area (Å²) in [6, 6.07) is 0. The van der Waals surface area contributed by atoms with E-state index in [0.29, 0.717) is 18.1 Å². The van der Waals surface area contributed by atoms with Gasteiger partial charge < -0.3 is 13.3 Å². The van der Waals surface area contributed by atoms with Gasteiger partial charge in [-0.2, -0.15) is 42.8 Å². The summed E-state index contributed by atoms with van der Waals surface area (Å²) in [5, 5.41) is 0. The molecule has 1 saturated heterocycles. The molecular weight excluding hydrogens is 577 g/mol. The molecule has 42 heavy (non-hydrogen) atoms. The third-order valence-corrected chi connectivity index (χ3v) is 10.5. The molecular formula is C36H58F3KOS-2. The van der Waals surface area contributed by atoms with Crippen molar-refractivity contribution in [3.05, 3.63) is 48.8 Å². The normalized spacial score (nSPS) is 31.2. The van der Waals surface area contributed by atoms with Crippen LogP contribution in [-0.4, -0.2) is 23.5 Å². The molecule has 1 heterocycles. The van der Waals surface area contributed by atoms with E-state index in [0.717, 1.165) is 54.2 Å². The minimum absolute atomic E-state index is 0. The van der Waals surface area contributed by atoms with Crippen molar-refractivity contribution in [1.29, 1.82) is 0 Å². The number of hydrogen-bond acceptors (Lipinski definition) is 2. The smallest absolute Gasteiger partial charge is 0.343 e. The molecule has 5 unspecified atom stereocenters. The van der Waals surface area contributed by atoms with Crippen molar-refractivity contribution < 1.29 is 69.4 Å². The van der Waals surface area contributed by atoms with Crippen LogP contribution in [0.15, 0.2) is 29.4 Å². The second-order valence-electron chi connectivity index (χ2n) is 12.8. The molecule has 3 aliphatic carbocycles. The molecule has 4 aliphatic rings. The number of allylic oxidation sites excluding steroid dienone is 6. The second-order valence-corrected chi connectivity index (χ2v) is 14.0. The van der Waals surface area contributed by atoms with Crippen LogP contribution in [0.25, 0.3) is 0 Å². The van der Waals surface area contributed by atoms with Gasteiger partial charge in [0.1, 0.15) is 5.78 Å². The number of alkyl halides is 3. The number of unbranched alkanes of at least 4 members (excludes halogenated alkanes) is 1. The predicted molar refractivity (Wildman–Crippen MR) is 172 cm³/mol. The summed E-state index contributed by atoms with van der Waals surface area (Å²) in [5.41, 5.74) is 0.360. The number of ketones is 1. The van der Waals surface area contributed by atoms with E-state index in [-0.39, 0.29) is 56.8 Å². The molecule has 0 bridgehead atoms. The van der Waals surface area contributed by atoms with E-state index in [1.54, 1.807) is 13.0 Å². The van der Waals surface area contributed by atoms with Crippen molar-refractivity contribution in [2.75, 3.05) is 11.5 Å². The molecule has 6 heteroatoms. The van der Waals surface area contributed by atoms with E-state index in [1.807, 2.05) is 6.92 Å². The first kappa shape index (κ1) is 42.7. The molecule has 0 aromatic heterocycles. The molecule has 0 aromatic carbocycles. The number of carbonyl (C=O) groups excluding carboxylic acids is 1. The van der Waals surface area contributed by atoms with Crippen molar-refractivity contribution in [3.63, 3.8) is 0 Å². The van der Waals surface area contributed by atoms with Crippen molar-refractivity contribution in [2.24, 2.45) is 35.0 Å². The van der Waals surface area contributed by atoms with E-state index in [1.165, 1.54) is 62.9 Å². The number of rotatable bonds is 5. The number of Topliss-reactive ketones (excluding diaryl/α,β-unsaturated/α-hetero) is 1. The summed E-state index contributed by atoms with van der Waals surface area (Å²) in [4.78, 5) is 11.7. The Morgan fingerprint density at radius 3 is 2.38 bits per heavy atom. The fraction of sp³-hybridized carbons (Fsp3) is 0.750. The van der Waals surface area contributed by atoms with Gasteiger partial charge in [-0.1, -0.05) is 60.0 Å². The molecule has 0 spiro atoms. The summed E-state index contributed by atoms with van der Waals surface area (Å²) in [5.74, 6) is 7.40. The van der Waals surface area contributed by atoms with Gasteiger partial charge in [-0.05, 0) is 87.0 Å². The Bertz CT molecular complexity index is 837. The van der Waals surface area contributed by atoms with Gasteiger partial charge in [0.2, 0.25) is 0 Å². The first-order valence-corrected chi connectivity index (χ1v) is 17.2. The van der Waals surface area contributed by atoms with Crippen LogP contribution in [0.5, 0.6) is 0 Å². The van der Waals surface area contributed by atoms with E-state index in [4.69, 9.17) is 0 Å². The Balaban J connectivity index is 0.000000548. The van der Waals surface area contributed by atoms with Crippen LogP contribution in [0.1, 0.15) is 119 Å². The minimum Gasteiger partial charge on any atom is -0.343 e. The maximum absolute atomic E-state index is 12.2. The van der Waals surface area contributed by atoms with E-state index in [9.17, 15) is 18.0 Å². The van der Waals surface area contributed by atoms with Crippen LogP contribution < -0.4 is 51.4 Å². The minimum atomic E-state index is -4.26. The average Bonchev–Trinajstić information content (AvgIpc) is 3.46. The number of carbonyl (C=O) groups is 1. The molecule has 0 amide bonds. The van der Waals surface area contributed by atoms with Crippen molar-refractivity contribution >= 4 is 17.5 Å². The fourth-order valence-electron chi connectivity index (χ4n) is 6.12. The van der Waals surface area contributed by atoms with E-state index >= 15 is 0 Å². The van der Waals surface area contributed by atoms with Crippen molar-refractivity contribution in [3.8, 4) is 0 Å². The van der Waals surface area contributed by atoms with Gasteiger partial charge >= 0.3 is 57.6 Å². The Hall–Kier alpha value is 0.666. The molecule has 6 atom stereocenters. The Morgan fingerprint density at radius 2 is 1.93 bits per heavy atom. The molecule has 2 saturated carbocycles. The van der Waals surface area contributed by atoms with E-state index < -0.39 is 11.7 Å². The quantitative estimate of drug-likeness (QED) is 0.223. The zero-order valence-electron chi connectivity index (χ0n) is 28.0. The molecule has 0 aromatic rings. The first-order valence-electron chi connectivity index (χ1n) is 16.0. The van der Waals surface area contributed by atoms with E-state index in [2.05, 4.69) is 65.8 Å². The molecule has 3 fully saturated rings. The number of thioether (sulfide) groups is 1.